The van der Waals surface area contributed by atoms with Crippen molar-refractivity contribution in [1.29, 1.82) is 0 Å². The zero-order valence-electron chi connectivity index (χ0n) is 7.90. The molecule has 1 heterocycles. The van der Waals surface area contributed by atoms with Crippen LogP contribution in [0.2, 0.25) is 5.15 Å². The molecule has 0 bridgehead atoms. The van der Waals surface area contributed by atoms with Gasteiger partial charge in [-0.05, 0) is 13.0 Å². The number of para-hydroxylation sites is 1. The quantitative estimate of drug-likeness (QED) is 0.423. The average Bonchev–Trinajstić information content (AvgIpc) is 2.17. The molecule has 0 aliphatic rings. The predicted octanol–water partition coefficient (Wildman–Crippen LogP) is 3.10. The van der Waals surface area contributed by atoms with E-state index in [4.69, 9.17) is 11.6 Å². The van der Waals surface area contributed by atoms with Crippen molar-refractivity contribution in [1.82, 2.24) is 4.98 Å². The maximum absolute atomic E-state index is 10.8. The van der Waals surface area contributed by atoms with Crippen molar-refractivity contribution in [2.45, 2.75) is 6.92 Å². The van der Waals surface area contributed by atoms with Crippen molar-refractivity contribution in [2.75, 3.05) is 0 Å². The van der Waals surface area contributed by atoms with E-state index in [0.717, 1.165) is 5.39 Å². The highest BCUT2D eigenvalue weighted by Gasteiger charge is 2.19. The first-order valence-electron chi connectivity index (χ1n) is 4.30. The van der Waals surface area contributed by atoms with Gasteiger partial charge in [-0.3, -0.25) is 10.1 Å². The Morgan fingerprint density at radius 3 is 2.73 bits per heavy atom. The summed E-state index contributed by atoms with van der Waals surface area (Å²) < 4.78 is 0. The fraction of sp³-hybridized carbons (Fsp3) is 0.100. The van der Waals surface area contributed by atoms with Crippen molar-refractivity contribution in [3.63, 3.8) is 0 Å². The van der Waals surface area contributed by atoms with Gasteiger partial charge in [-0.2, -0.15) is 0 Å². The minimum absolute atomic E-state index is 0.0591. The minimum atomic E-state index is -0.503. The summed E-state index contributed by atoms with van der Waals surface area (Å²) in [6.07, 6.45) is 0. The Morgan fingerprint density at radius 1 is 1.40 bits per heavy atom. The second kappa shape index (κ2) is 3.47. The van der Waals surface area contributed by atoms with Crippen LogP contribution in [-0.2, 0) is 0 Å². The zero-order chi connectivity index (χ0) is 11.0. The highest BCUT2D eigenvalue weighted by molar-refractivity contribution is 6.32. The summed E-state index contributed by atoms with van der Waals surface area (Å²) in [4.78, 5) is 14.2. The van der Waals surface area contributed by atoms with Gasteiger partial charge in [0.15, 0.2) is 0 Å². The summed E-state index contributed by atoms with van der Waals surface area (Å²) in [6.45, 7) is 1.67. The van der Waals surface area contributed by atoms with Crippen molar-refractivity contribution in [3.05, 3.63) is 45.1 Å². The molecular formula is C10H7ClN2O2. The van der Waals surface area contributed by atoms with E-state index in [1.807, 2.05) is 12.1 Å². The van der Waals surface area contributed by atoms with Crippen LogP contribution >= 0.6 is 11.6 Å². The summed E-state index contributed by atoms with van der Waals surface area (Å²) in [6, 6.07) is 7.20. The topological polar surface area (TPSA) is 56.0 Å². The Balaban J connectivity index is 2.90. The monoisotopic (exact) mass is 222 g/mol. The molecule has 0 spiro atoms. The van der Waals surface area contributed by atoms with Crippen LogP contribution < -0.4 is 0 Å². The molecule has 0 N–H and O–H groups in total. The van der Waals surface area contributed by atoms with E-state index >= 15 is 0 Å². The van der Waals surface area contributed by atoms with E-state index in [9.17, 15) is 10.1 Å². The number of hydrogen-bond donors (Lipinski definition) is 0. The molecule has 0 aliphatic carbocycles. The number of fused-ring (bicyclic) bond motifs is 1. The van der Waals surface area contributed by atoms with E-state index in [1.165, 1.54) is 0 Å². The maximum atomic E-state index is 10.8. The van der Waals surface area contributed by atoms with Crippen LogP contribution in [0.25, 0.3) is 10.9 Å². The second-order valence-corrected chi connectivity index (χ2v) is 3.51. The number of benzene rings is 1. The van der Waals surface area contributed by atoms with E-state index in [1.54, 1.807) is 19.1 Å². The Hall–Kier alpha value is -1.68. The van der Waals surface area contributed by atoms with Crippen LogP contribution in [0.3, 0.4) is 0 Å². The number of pyridine rings is 1. The molecule has 4 nitrogen and oxygen atoms in total. The summed E-state index contributed by atoms with van der Waals surface area (Å²) >= 11 is 5.75. The van der Waals surface area contributed by atoms with Crippen molar-refractivity contribution >= 4 is 28.2 Å². The summed E-state index contributed by atoms with van der Waals surface area (Å²) in [5, 5.41) is 11.5. The first-order chi connectivity index (χ1) is 7.11. The van der Waals surface area contributed by atoms with Gasteiger partial charge in [0.25, 0.3) is 0 Å². The molecule has 0 unspecified atom stereocenters. The molecule has 0 saturated carbocycles. The molecule has 0 radical (unpaired) electrons. The fourth-order valence-corrected chi connectivity index (χ4v) is 1.84. The van der Waals surface area contributed by atoms with Crippen molar-refractivity contribution in [2.24, 2.45) is 0 Å². The SMILES string of the molecule is Cc1c([N+](=O)[O-])c(Cl)nc2ccccc12. The van der Waals surface area contributed by atoms with Crippen molar-refractivity contribution < 1.29 is 4.92 Å². The van der Waals surface area contributed by atoms with Gasteiger partial charge in [0.2, 0.25) is 5.15 Å². The molecule has 0 aliphatic heterocycles. The Bertz CT molecular complexity index is 554. The van der Waals surface area contributed by atoms with Gasteiger partial charge in [-0.15, -0.1) is 0 Å². The van der Waals surface area contributed by atoms with Gasteiger partial charge in [-0.1, -0.05) is 29.8 Å². The standard InChI is InChI=1S/C10H7ClN2O2/c1-6-7-4-2-3-5-8(7)12-10(11)9(6)13(14)15/h2-5H,1H3. The molecule has 0 atom stereocenters. The molecule has 0 amide bonds. The summed E-state index contributed by atoms with van der Waals surface area (Å²) in [7, 11) is 0. The fourth-order valence-electron chi connectivity index (χ4n) is 1.54. The van der Waals surface area contributed by atoms with E-state index in [-0.39, 0.29) is 10.8 Å². The first-order valence-corrected chi connectivity index (χ1v) is 4.68. The largest absolute Gasteiger partial charge is 0.309 e. The predicted molar refractivity (Wildman–Crippen MR) is 58.1 cm³/mol. The number of rotatable bonds is 1. The number of halogens is 1. The normalized spacial score (nSPS) is 10.5. The number of nitro groups is 1. The average molecular weight is 223 g/mol. The van der Waals surface area contributed by atoms with E-state index in [0.29, 0.717) is 11.1 Å². The lowest BCUT2D eigenvalue weighted by atomic mass is 10.1. The van der Waals surface area contributed by atoms with Crippen LogP contribution in [0.4, 0.5) is 5.69 Å². The van der Waals surface area contributed by atoms with Crippen LogP contribution in [0.15, 0.2) is 24.3 Å². The lowest BCUT2D eigenvalue weighted by molar-refractivity contribution is -0.385. The minimum Gasteiger partial charge on any atom is -0.258 e. The zero-order valence-corrected chi connectivity index (χ0v) is 8.65. The molecule has 2 aromatic rings. The Labute approximate surface area is 90.7 Å². The Morgan fingerprint density at radius 2 is 2.07 bits per heavy atom. The van der Waals surface area contributed by atoms with Crippen LogP contribution in [0.5, 0.6) is 0 Å². The lowest BCUT2D eigenvalue weighted by Gasteiger charge is -2.03. The number of aryl methyl sites for hydroxylation is 1. The first kappa shape index (κ1) is 9.86. The summed E-state index contributed by atoms with van der Waals surface area (Å²) in [5.74, 6) is 0. The van der Waals surface area contributed by atoms with Gasteiger partial charge < -0.3 is 0 Å². The maximum Gasteiger partial charge on any atom is 0.309 e. The van der Waals surface area contributed by atoms with Crippen LogP contribution in [0.1, 0.15) is 5.56 Å². The number of aromatic nitrogens is 1. The molecular weight excluding hydrogens is 216 g/mol. The number of nitrogens with zero attached hydrogens (tertiary/aromatic N) is 2. The smallest absolute Gasteiger partial charge is 0.258 e. The molecule has 1 aromatic carbocycles. The third kappa shape index (κ3) is 1.53. The highest BCUT2D eigenvalue weighted by atomic mass is 35.5. The molecule has 0 saturated heterocycles. The van der Waals surface area contributed by atoms with E-state index in [2.05, 4.69) is 4.98 Å². The van der Waals surface area contributed by atoms with Crippen LogP contribution in [0, 0.1) is 17.0 Å². The van der Waals surface area contributed by atoms with Gasteiger partial charge in [0.05, 0.1) is 10.4 Å². The summed E-state index contributed by atoms with van der Waals surface area (Å²) in [5.41, 5.74) is 1.11. The molecule has 5 heteroatoms. The molecule has 2 rings (SSSR count). The van der Waals surface area contributed by atoms with Crippen LogP contribution in [-0.4, -0.2) is 9.91 Å². The Kier molecular flexibility index (Phi) is 2.28. The lowest BCUT2D eigenvalue weighted by Crippen LogP contribution is -1.96. The molecule has 15 heavy (non-hydrogen) atoms. The molecule has 0 fully saturated rings. The second-order valence-electron chi connectivity index (χ2n) is 3.15. The third-order valence-electron chi connectivity index (χ3n) is 2.26. The van der Waals surface area contributed by atoms with Gasteiger partial charge >= 0.3 is 5.69 Å². The molecule has 76 valence electrons. The van der Waals surface area contributed by atoms with Gasteiger partial charge in [0.1, 0.15) is 0 Å². The molecule has 1 aromatic heterocycles. The number of hydrogen-bond acceptors (Lipinski definition) is 3. The highest BCUT2D eigenvalue weighted by Crippen LogP contribution is 2.31. The third-order valence-corrected chi connectivity index (χ3v) is 2.52. The van der Waals surface area contributed by atoms with Crippen molar-refractivity contribution in [3.8, 4) is 0 Å². The van der Waals surface area contributed by atoms with Gasteiger partial charge in [0, 0.05) is 10.9 Å². The van der Waals surface area contributed by atoms with Gasteiger partial charge in [-0.25, -0.2) is 4.98 Å². The van der Waals surface area contributed by atoms with E-state index < -0.39 is 4.92 Å².